The molecule has 29 heavy (non-hydrogen) atoms. The van der Waals surface area contributed by atoms with Crippen molar-refractivity contribution in [3.05, 3.63) is 37.1 Å². The number of carbonyl (C=O) groups is 1. The summed E-state index contributed by atoms with van der Waals surface area (Å²) in [6, 6.07) is 2.00. The van der Waals surface area contributed by atoms with Crippen LogP contribution in [0.2, 0.25) is 0 Å². The minimum Gasteiger partial charge on any atom is -0.340 e. The molecule has 1 amide bonds. The third-order valence-corrected chi connectivity index (χ3v) is 5.95. The number of anilines is 2. The summed E-state index contributed by atoms with van der Waals surface area (Å²) in [6.07, 6.45) is 14.2. The molecule has 150 valence electrons. The summed E-state index contributed by atoms with van der Waals surface area (Å²) >= 11 is 0. The Hall–Kier alpha value is -3.23. The van der Waals surface area contributed by atoms with Crippen molar-refractivity contribution in [2.24, 2.45) is 0 Å². The van der Waals surface area contributed by atoms with Crippen molar-refractivity contribution >= 4 is 17.4 Å². The molecule has 0 radical (unpaired) electrons. The van der Waals surface area contributed by atoms with Crippen LogP contribution in [0.4, 0.5) is 11.5 Å². The van der Waals surface area contributed by atoms with Gasteiger partial charge in [-0.15, -0.1) is 0 Å². The van der Waals surface area contributed by atoms with Gasteiger partial charge >= 0.3 is 0 Å². The van der Waals surface area contributed by atoms with Crippen molar-refractivity contribution in [2.75, 3.05) is 16.8 Å². The molecule has 0 bridgehead atoms. The topological polar surface area (TPSA) is 85.0 Å². The van der Waals surface area contributed by atoms with Crippen molar-refractivity contribution < 1.29 is 4.79 Å². The maximum absolute atomic E-state index is 13.0. The number of imidazole rings is 1. The number of fused-ring (bicyclic) bond motifs is 1. The van der Waals surface area contributed by atoms with Crippen LogP contribution >= 0.6 is 0 Å². The van der Waals surface area contributed by atoms with E-state index in [-0.39, 0.29) is 11.9 Å². The molecule has 1 saturated carbocycles. The van der Waals surface area contributed by atoms with Crippen LogP contribution in [0.5, 0.6) is 0 Å². The first-order valence-electron chi connectivity index (χ1n) is 10.2. The molecule has 1 fully saturated rings. The Balaban J connectivity index is 1.64. The number of hydrogen-bond acceptors (Lipinski definition) is 6. The zero-order valence-corrected chi connectivity index (χ0v) is 16.6. The first kappa shape index (κ1) is 17.8. The highest BCUT2D eigenvalue weighted by Gasteiger charge is 2.41. The fourth-order valence-corrected chi connectivity index (χ4v) is 4.50. The standard InChI is InChI=1S/C20H24N8O/c1-3-15-18(29)25(2)16-13-22-19(24-17(16)28(15)14-7-4-5-8-14)26-12-10-21-20(26)27-11-6-9-23-27/h6,9-15H,3-5,7-8H2,1-2H3. The normalized spacial score (nSPS) is 19.8. The molecule has 9 nitrogen and oxygen atoms in total. The smallest absolute Gasteiger partial charge is 0.249 e. The molecule has 0 aromatic carbocycles. The molecule has 1 aliphatic carbocycles. The average molecular weight is 392 g/mol. The summed E-state index contributed by atoms with van der Waals surface area (Å²) in [6.45, 7) is 2.07. The van der Waals surface area contributed by atoms with Crippen LogP contribution in [0.1, 0.15) is 39.0 Å². The van der Waals surface area contributed by atoms with Gasteiger partial charge in [-0.2, -0.15) is 10.1 Å². The largest absolute Gasteiger partial charge is 0.340 e. The molecule has 4 heterocycles. The number of aromatic nitrogens is 6. The first-order chi connectivity index (χ1) is 14.2. The molecule has 1 aliphatic heterocycles. The van der Waals surface area contributed by atoms with Crippen molar-refractivity contribution in [2.45, 2.75) is 51.1 Å². The molecule has 3 aromatic rings. The van der Waals surface area contributed by atoms with Gasteiger partial charge in [-0.25, -0.2) is 14.6 Å². The maximum atomic E-state index is 13.0. The monoisotopic (exact) mass is 392 g/mol. The zero-order chi connectivity index (χ0) is 20.0. The molecule has 0 N–H and O–H groups in total. The summed E-state index contributed by atoms with van der Waals surface area (Å²) in [5, 5.41) is 4.27. The highest BCUT2D eigenvalue weighted by Crippen LogP contribution is 2.39. The van der Waals surface area contributed by atoms with Crippen molar-refractivity contribution in [3.63, 3.8) is 0 Å². The van der Waals surface area contributed by atoms with Crippen molar-refractivity contribution in [3.8, 4) is 11.9 Å². The predicted molar refractivity (Wildman–Crippen MR) is 109 cm³/mol. The Morgan fingerprint density at radius 2 is 1.97 bits per heavy atom. The number of nitrogens with zero attached hydrogens (tertiary/aromatic N) is 8. The lowest BCUT2D eigenvalue weighted by Gasteiger charge is -2.43. The molecule has 0 saturated heterocycles. The van der Waals surface area contributed by atoms with E-state index in [1.807, 2.05) is 30.1 Å². The van der Waals surface area contributed by atoms with Crippen LogP contribution < -0.4 is 9.80 Å². The minimum atomic E-state index is -0.188. The van der Waals surface area contributed by atoms with Crippen LogP contribution in [0, 0.1) is 0 Å². The van der Waals surface area contributed by atoms with Crippen molar-refractivity contribution in [1.29, 1.82) is 0 Å². The van der Waals surface area contributed by atoms with Gasteiger partial charge in [-0.05, 0) is 25.3 Å². The first-order valence-corrected chi connectivity index (χ1v) is 10.2. The average Bonchev–Trinajstić information content (AvgIpc) is 3.51. The van der Waals surface area contributed by atoms with E-state index in [1.54, 1.807) is 28.2 Å². The summed E-state index contributed by atoms with van der Waals surface area (Å²) in [7, 11) is 1.81. The lowest BCUT2D eigenvalue weighted by Crippen LogP contribution is -2.55. The van der Waals surface area contributed by atoms with Crippen LogP contribution in [-0.2, 0) is 4.79 Å². The number of rotatable bonds is 4. The van der Waals surface area contributed by atoms with Crippen LogP contribution in [-0.4, -0.2) is 54.3 Å². The van der Waals surface area contributed by atoms with Gasteiger partial charge in [0.1, 0.15) is 11.7 Å². The highest BCUT2D eigenvalue weighted by atomic mass is 16.2. The van der Waals surface area contributed by atoms with E-state index in [4.69, 9.17) is 4.98 Å². The van der Waals surface area contributed by atoms with Crippen LogP contribution in [0.3, 0.4) is 0 Å². The number of amides is 1. The molecular weight excluding hydrogens is 368 g/mol. The quantitative estimate of drug-likeness (QED) is 0.678. The minimum absolute atomic E-state index is 0.114. The summed E-state index contributed by atoms with van der Waals surface area (Å²) in [5.74, 6) is 2.08. The summed E-state index contributed by atoms with van der Waals surface area (Å²) < 4.78 is 3.50. The Morgan fingerprint density at radius 3 is 2.69 bits per heavy atom. The van der Waals surface area contributed by atoms with E-state index < -0.39 is 0 Å². The Morgan fingerprint density at radius 1 is 1.14 bits per heavy atom. The predicted octanol–water partition coefficient (Wildman–Crippen LogP) is 2.35. The molecule has 3 aromatic heterocycles. The number of likely N-dealkylation sites (N-methyl/N-ethyl adjacent to an activating group) is 1. The lowest BCUT2D eigenvalue weighted by atomic mass is 10.0. The second kappa shape index (κ2) is 6.98. The highest BCUT2D eigenvalue weighted by molar-refractivity contribution is 6.04. The third kappa shape index (κ3) is 2.80. The maximum Gasteiger partial charge on any atom is 0.249 e. The van der Waals surface area contributed by atoms with Crippen LogP contribution in [0.25, 0.3) is 11.9 Å². The van der Waals surface area contributed by atoms with Gasteiger partial charge in [-0.3, -0.25) is 9.36 Å². The van der Waals surface area contributed by atoms with E-state index in [1.165, 1.54) is 12.8 Å². The molecular formula is C20H24N8O. The Bertz CT molecular complexity index is 1020. The van der Waals surface area contributed by atoms with E-state index in [0.717, 1.165) is 30.8 Å². The van der Waals surface area contributed by atoms with E-state index in [9.17, 15) is 4.79 Å². The van der Waals surface area contributed by atoms with Gasteiger partial charge in [0.2, 0.25) is 17.8 Å². The van der Waals surface area contributed by atoms with Gasteiger partial charge in [0.25, 0.3) is 0 Å². The second-order valence-corrected chi connectivity index (χ2v) is 7.59. The fourth-order valence-electron chi connectivity index (χ4n) is 4.50. The van der Waals surface area contributed by atoms with E-state index in [2.05, 4.69) is 26.9 Å². The number of carbonyl (C=O) groups excluding carboxylic acids is 1. The van der Waals surface area contributed by atoms with E-state index >= 15 is 0 Å². The lowest BCUT2D eigenvalue weighted by molar-refractivity contribution is -0.120. The molecule has 1 unspecified atom stereocenters. The van der Waals surface area contributed by atoms with Gasteiger partial charge in [-0.1, -0.05) is 19.8 Å². The molecule has 5 rings (SSSR count). The molecule has 2 aliphatic rings. The van der Waals surface area contributed by atoms with Gasteiger partial charge in [0.05, 0.1) is 6.20 Å². The fraction of sp³-hybridized carbons (Fsp3) is 0.450. The number of hydrogen-bond donors (Lipinski definition) is 0. The van der Waals surface area contributed by atoms with Gasteiger partial charge in [0.15, 0.2) is 5.82 Å². The second-order valence-electron chi connectivity index (χ2n) is 7.59. The van der Waals surface area contributed by atoms with Gasteiger partial charge in [0, 0.05) is 37.9 Å². The molecule has 9 heteroatoms. The molecule has 1 atom stereocenters. The van der Waals surface area contributed by atoms with E-state index in [0.29, 0.717) is 17.9 Å². The Kier molecular flexibility index (Phi) is 4.30. The third-order valence-electron chi connectivity index (χ3n) is 5.95. The molecule has 0 spiro atoms. The summed E-state index contributed by atoms with van der Waals surface area (Å²) in [5.41, 5.74) is 0.760. The Labute approximate surface area is 169 Å². The van der Waals surface area contributed by atoms with Crippen molar-refractivity contribution in [1.82, 2.24) is 29.3 Å². The van der Waals surface area contributed by atoms with Crippen LogP contribution in [0.15, 0.2) is 37.1 Å². The summed E-state index contributed by atoms with van der Waals surface area (Å²) in [4.78, 5) is 30.9. The van der Waals surface area contributed by atoms with Gasteiger partial charge < -0.3 is 9.80 Å². The SMILES string of the molecule is CCC1C(=O)N(C)c2cnc(-n3ccnc3-n3cccn3)nc2N1C1CCCC1. The zero-order valence-electron chi connectivity index (χ0n) is 16.6.